The smallest absolute Gasteiger partial charge is 0.265 e. The zero-order valence-corrected chi connectivity index (χ0v) is 23.1. The summed E-state index contributed by atoms with van der Waals surface area (Å²) in [6.45, 7) is -0.106. The summed E-state index contributed by atoms with van der Waals surface area (Å²) < 4.78 is 34.8. The van der Waals surface area contributed by atoms with E-state index in [1.165, 1.54) is 43.8 Å². The number of nitrogens with zero attached hydrogens (tertiary/aromatic N) is 3. The first-order chi connectivity index (χ1) is 20.7. The molecule has 2 aliphatic heterocycles. The van der Waals surface area contributed by atoms with Crippen LogP contribution in [0.3, 0.4) is 0 Å². The number of hydrogen-bond donors (Lipinski definition) is 3. The third-order valence-corrected chi connectivity index (χ3v) is 7.52. The Morgan fingerprint density at radius 1 is 1.07 bits per heavy atom. The second kappa shape index (κ2) is 10.9. The third-order valence-electron chi connectivity index (χ3n) is 7.23. The SMILES string of the molecule is COc1cc2ncnc(Nc3ccc(F)c(Cl)c3)c2cc1NCc1ccc2c(c1F)C(=O)N(C1CCC(=O)NC1=O)C2=O. The Morgan fingerprint density at radius 2 is 1.88 bits per heavy atom. The molecule has 6 rings (SSSR count). The molecule has 11 nitrogen and oxygen atoms in total. The third kappa shape index (κ3) is 4.97. The lowest BCUT2D eigenvalue weighted by molar-refractivity contribution is -0.136. The van der Waals surface area contributed by atoms with Gasteiger partial charge in [0.05, 0.1) is 34.5 Å². The molecule has 14 heteroatoms. The second-order valence-electron chi connectivity index (χ2n) is 9.81. The van der Waals surface area contributed by atoms with Crippen molar-refractivity contribution in [3.05, 3.63) is 82.1 Å². The van der Waals surface area contributed by atoms with E-state index in [-0.39, 0.29) is 35.5 Å². The number of carbonyl (C=O) groups excluding carboxylic acids is 4. The number of imide groups is 2. The summed E-state index contributed by atoms with van der Waals surface area (Å²) in [5.41, 5.74) is 0.940. The van der Waals surface area contributed by atoms with E-state index in [4.69, 9.17) is 16.3 Å². The highest BCUT2D eigenvalue weighted by molar-refractivity contribution is 6.31. The van der Waals surface area contributed by atoms with Crippen molar-refractivity contribution in [3.63, 3.8) is 0 Å². The van der Waals surface area contributed by atoms with Gasteiger partial charge in [0, 0.05) is 35.7 Å². The molecule has 0 saturated carbocycles. The number of fused-ring (bicyclic) bond motifs is 2. The summed E-state index contributed by atoms with van der Waals surface area (Å²) in [6.07, 6.45) is 1.26. The van der Waals surface area contributed by atoms with Gasteiger partial charge >= 0.3 is 0 Å². The van der Waals surface area contributed by atoms with Crippen molar-refractivity contribution in [3.8, 4) is 5.75 Å². The number of methoxy groups -OCH3 is 1. The predicted molar refractivity (Wildman–Crippen MR) is 151 cm³/mol. The minimum Gasteiger partial charge on any atom is -0.495 e. The lowest BCUT2D eigenvalue weighted by atomic mass is 10.0. The van der Waals surface area contributed by atoms with E-state index in [2.05, 4.69) is 25.9 Å². The van der Waals surface area contributed by atoms with Gasteiger partial charge in [0.1, 0.15) is 35.6 Å². The Morgan fingerprint density at radius 3 is 2.63 bits per heavy atom. The molecule has 1 atom stereocenters. The first kappa shape index (κ1) is 28.0. The lowest BCUT2D eigenvalue weighted by Crippen LogP contribution is -2.54. The molecule has 1 unspecified atom stereocenters. The van der Waals surface area contributed by atoms with Crippen LogP contribution in [0, 0.1) is 11.6 Å². The average molecular weight is 607 g/mol. The number of rotatable bonds is 7. The molecule has 218 valence electrons. The Hall–Kier alpha value is -5.17. The Bertz CT molecular complexity index is 1870. The summed E-state index contributed by atoms with van der Waals surface area (Å²) in [6, 6.07) is 8.99. The van der Waals surface area contributed by atoms with Crippen molar-refractivity contribution in [2.75, 3.05) is 17.7 Å². The summed E-state index contributed by atoms with van der Waals surface area (Å²) in [5.74, 6) is -3.72. The van der Waals surface area contributed by atoms with Crippen LogP contribution in [-0.2, 0) is 16.1 Å². The van der Waals surface area contributed by atoms with E-state index < -0.39 is 46.9 Å². The molecule has 3 N–H and O–H groups in total. The minimum absolute atomic E-state index is 0.0390. The molecule has 4 amide bonds. The molecule has 0 aliphatic carbocycles. The molecule has 3 heterocycles. The molecular formula is C29H21ClF2N6O5. The van der Waals surface area contributed by atoms with Gasteiger partial charge in [0.2, 0.25) is 11.8 Å². The van der Waals surface area contributed by atoms with Crippen molar-refractivity contribution >= 4 is 63.3 Å². The van der Waals surface area contributed by atoms with Crippen LogP contribution in [0.15, 0.2) is 48.8 Å². The highest BCUT2D eigenvalue weighted by Crippen LogP contribution is 2.35. The van der Waals surface area contributed by atoms with E-state index in [1.54, 1.807) is 12.1 Å². The molecule has 1 fully saturated rings. The van der Waals surface area contributed by atoms with Crippen LogP contribution in [0.25, 0.3) is 10.9 Å². The molecule has 1 aromatic heterocycles. The fourth-order valence-corrected chi connectivity index (χ4v) is 5.27. The van der Waals surface area contributed by atoms with Crippen molar-refractivity contribution in [2.45, 2.75) is 25.4 Å². The van der Waals surface area contributed by atoms with Gasteiger partial charge in [0.25, 0.3) is 11.8 Å². The molecular weight excluding hydrogens is 586 g/mol. The van der Waals surface area contributed by atoms with Gasteiger partial charge in [-0.05, 0) is 36.8 Å². The van der Waals surface area contributed by atoms with E-state index in [0.717, 1.165) is 0 Å². The minimum atomic E-state index is -1.20. The van der Waals surface area contributed by atoms with Crippen LogP contribution in [0.5, 0.6) is 5.75 Å². The Labute approximate surface area is 247 Å². The zero-order chi connectivity index (χ0) is 30.4. The summed E-state index contributed by atoms with van der Waals surface area (Å²) in [4.78, 5) is 59.3. The number of carbonyl (C=O) groups is 4. The number of aromatic nitrogens is 2. The van der Waals surface area contributed by atoms with E-state index >= 15 is 4.39 Å². The molecule has 0 radical (unpaired) electrons. The van der Waals surface area contributed by atoms with Crippen LogP contribution >= 0.6 is 11.6 Å². The van der Waals surface area contributed by atoms with Gasteiger partial charge in [-0.3, -0.25) is 29.4 Å². The van der Waals surface area contributed by atoms with Crippen molar-refractivity contribution in [2.24, 2.45) is 0 Å². The number of amides is 4. The second-order valence-corrected chi connectivity index (χ2v) is 10.2. The van der Waals surface area contributed by atoms with E-state index in [9.17, 15) is 23.6 Å². The van der Waals surface area contributed by atoms with Gasteiger partial charge < -0.3 is 15.4 Å². The molecule has 3 aromatic carbocycles. The lowest BCUT2D eigenvalue weighted by Gasteiger charge is -2.27. The van der Waals surface area contributed by atoms with Crippen LogP contribution in [0.2, 0.25) is 5.02 Å². The van der Waals surface area contributed by atoms with Crippen molar-refractivity contribution < 1.29 is 32.7 Å². The maximum Gasteiger partial charge on any atom is 0.265 e. The fourth-order valence-electron chi connectivity index (χ4n) is 5.09. The van der Waals surface area contributed by atoms with Crippen LogP contribution in [0.1, 0.15) is 39.1 Å². The van der Waals surface area contributed by atoms with Crippen LogP contribution < -0.4 is 20.7 Å². The highest BCUT2D eigenvalue weighted by atomic mass is 35.5. The topological polar surface area (TPSA) is 143 Å². The van der Waals surface area contributed by atoms with Gasteiger partial charge in [-0.1, -0.05) is 17.7 Å². The standard InChI is InChI=1S/C29H21ClF2N6O5/c1-43-22-10-19-16(26(35-12-34-19)36-14-3-5-18(31)17(30)8-14)9-20(22)33-11-13-2-4-15-24(25(13)32)29(42)38(28(15)41)21-6-7-23(39)37-27(21)40/h2-5,8-10,12,21,33H,6-7,11H2,1H3,(H,34,35,36)(H,37,39,40). The van der Waals surface area contributed by atoms with Gasteiger partial charge in [0.15, 0.2) is 0 Å². The molecule has 43 heavy (non-hydrogen) atoms. The number of benzene rings is 3. The first-order valence-electron chi connectivity index (χ1n) is 13.0. The molecule has 1 saturated heterocycles. The van der Waals surface area contributed by atoms with Crippen molar-refractivity contribution in [1.29, 1.82) is 0 Å². The van der Waals surface area contributed by atoms with Gasteiger partial charge in [-0.2, -0.15) is 0 Å². The number of halogens is 3. The van der Waals surface area contributed by atoms with Crippen LogP contribution in [0.4, 0.5) is 26.0 Å². The number of hydrogen-bond acceptors (Lipinski definition) is 9. The summed E-state index contributed by atoms with van der Waals surface area (Å²) >= 11 is 5.91. The molecule has 4 aromatic rings. The quantitative estimate of drug-likeness (QED) is 0.262. The van der Waals surface area contributed by atoms with E-state index in [1.807, 2.05) is 0 Å². The Kier molecular flexibility index (Phi) is 7.10. The van der Waals surface area contributed by atoms with Crippen LogP contribution in [-0.4, -0.2) is 51.6 Å². The van der Waals surface area contributed by atoms with Gasteiger partial charge in [-0.15, -0.1) is 0 Å². The Balaban J connectivity index is 1.28. The van der Waals surface area contributed by atoms with Gasteiger partial charge in [-0.25, -0.2) is 18.7 Å². The fraction of sp³-hybridized carbons (Fsp3) is 0.172. The predicted octanol–water partition coefficient (Wildman–Crippen LogP) is 4.33. The summed E-state index contributed by atoms with van der Waals surface area (Å²) in [7, 11) is 1.46. The monoisotopic (exact) mass is 606 g/mol. The maximum atomic E-state index is 15.7. The number of ether oxygens (including phenoxy) is 1. The first-order valence-corrected chi connectivity index (χ1v) is 13.4. The number of piperidine rings is 1. The molecule has 2 aliphatic rings. The summed E-state index contributed by atoms with van der Waals surface area (Å²) in [5, 5.41) is 8.78. The molecule has 0 bridgehead atoms. The maximum absolute atomic E-state index is 15.7. The molecule has 0 spiro atoms. The average Bonchev–Trinajstić information content (AvgIpc) is 3.24. The van der Waals surface area contributed by atoms with Crippen molar-refractivity contribution in [1.82, 2.24) is 20.2 Å². The van der Waals surface area contributed by atoms with E-state index in [0.29, 0.717) is 38.7 Å². The highest BCUT2D eigenvalue weighted by Gasteiger charge is 2.46. The zero-order valence-electron chi connectivity index (χ0n) is 22.3. The number of anilines is 3. The number of nitrogens with one attached hydrogen (secondary N) is 3. The normalized spacial score (nSPS) is 16.4. The largest absolute Gasteiger partial charge is 0.495 e.